The second kappa shape index (κ2) is 6.30. The fraction of sp³-hybridized carbons (Fsp3) is 0.688. The van der Waals surface area contributed by atoms with Crippen LogP contribution < -0.4 is 0 Å². The summed E-state index contributed by atoms with van der Waals surface area (Å²) >= 11 is 1.67. The van der Waals surface area contributed by atoms with Crippen molar-refractivity contribution in [3.63, 3.8) is 0 Å². The molecule has 23 heavy (non-hydrogen) atoms. The van der Waals surface area contributed by atoms with Crippen molar-refractivity contribution >= 4 is 11.3 Å². The summed E-state index contributed by atoms with van der Waals surface area (Å²) in [6, 6.07) is 0. The maximum atomic E-state index is 5.33. The normalized spacial score (nSPS) is 17.3. The van der Waals surface area contributed by atoms with E-state index in [1.165, 1.54) is 0 Å². The van der Waals surface area contributed by atoms with Crippen LogP contribution in [0.15, 0.2) is 5.38 Å². The Labute approximate surface area is 141 Å². The van der Waals surface area contributed by atoms with Crippen molar-refractivity contribution in [1.82, 2.24) is 24.6 Å². The smallest absolute Gasteiger partial charge is 0.147 e. The van der Waals surface area contributed by atoms with Crippen LogP contribution in [0.4, 0.5) is 0 Å². The van der Waals surface area contributed by atoms with Crippen LogP contribution in [-0.2, 0) is 29.8 Å². The van der Waals surface area contributed by atoms with Crippen LogP contribution in [0.5, 0.6) is 0 Å². The lowest BCUT2D eigenvalue weighted by Crippen LogP contribution is -2.35. The molecule has 0 saturated heterocycles. The predicted molar refractivity (Wildman–Crippen MR) is 90.4 cm³/mol. The van der Waals surface area contributed by atoms with E-state index in [0.717, 1.165) is 48.5 Å². The number of ether oxygens (including phenoxy) is 1. The summed E-state index contributed by atoms with van der Waals surface area (Å²) in [6.45, 7) is 12.2. The van der Waals surface area contributed by atoms with Gasteiger partial charge in [-0.2, -0.15) is 0 Å². The largest absolute Gasteiger partial charge is 0.375 e. The van der Waals surface area contributed by atoms with E-state index >= 15 is 0 Å². The lowest BCUT2D eigenvalue weighted by Gasteiger charge is -2.29. The Morgan fingerprint density at radius 2 is 2.09 bits per heavy atom. The van der Waals surface area contributed by atoms with Crippen molar-refractivity contribution in [1.29, 1.82) is 0 Å². The zero-order valence-electron chi connectivity index (χ0n) is 14.5. The SMILES string of the molecule is COC(C)c1nc(CN2CCn3c(nnc3C(C)(C)C)C2)cs1. The number of aromatic nitrogens is 4. The third kappa shape index (κ3) is 3.46. The minimum atomic E-state index is 0.0352. The molecule has 0 spiro atoms. The van der Waals surface area contributed by atoms with Gasteiger partial charge in [0.2, 0.25) is 0 Å². The van der Waals surface area contributed by atoms with Gasteiger partial charge in [-0.1, -0.05) is 20.8 Å². The molecule has 1 aliphatic heterocycles. The van der Waals surface area contributed by atoms with Crippen molar-refractivity contribution in [3.05, 3.63) is 27.7 Å². The minimum absolute atomic E-state index is 0.0352. The van der Waals surface area contributed by atoms with Crippen molar-refractivity contribution in [2.24, 2.45) is 0 Å². The van der Waals surface area contributed by atoms with Gasteiger partial charge < -0.3 is 9.30 Å². The van der Waals surface area contributed by atoms with Crippen molar-refractivity contribution < 1.29 is 4.74 Å². The van der Waals surface area contributed by atoms with Gasteiger partial charge in [0.1, 0.15) is 22.8 Å². The molecule has 2 aromatic heterocycles. The lowest BCUT2D eigenvalue weighted by atomic mass is 9.95. The summed E-state index contributed by atoms with van der Waals surface area (Å²) in [6.07, 6.45) is 0.0625. The number of methoxy groups -OCH3 is 1. The van der Waals surface area contributed by atoms with Crippen LogP contribution in [0.3, 0.4) is 0 Å². The van der Waals surface area contributed by atoms with Crippen molar-refractivity contribution in [3.8, 4) is 0 Å². The molecule has 0 aliphatic carbocycles. The molecule has 0 aromatic carbocycles. The fourth-order valence-corrected chi connectivity index (χ4v) is 3.65. The Hall–Kier alpha value is -1.31. The van der Waals surface area contributed by atoms with Gasteiger partial charge in [-0.3, -0.25) is 4.90 Å². The maximum absolute atomic E-state index is 5.33. The molecule has 6 nitrogen and oxygen atoms in total. The number of fused-ring (bicyclic) bond motifs is 1. The molecule has 0 amide bonds. The average molecular weight is 335 g/mol. The standard InChI is InChI=1S/C16H25N5OS/c1-11(22-5)14-17-12(10-23-14)8-20-6-7-21-13(9-20)18-19-15(21)16(2,3)4/h10-11H,6-9H2,1-5H3. The highest BCUT2D eigenvalue weighted by atomic mass is 32.1. The number of hydrogen-bond acceptors (Lipinski definition) is 6. The third-order valence-electron chi connectivity index (χ3n) is 4.16. The molecule has 0 fully saturated rings. The van der Waals surface area contributed by atoms with Gasteiger partial charge in [-0.25, -0.2) is 4.98 Å². The molecule has 1 aliphatic rings. The van der Waals surface area contributed by atoms with E-state index in [9.17, 15) is 0 Å². The summed E-state index contributed by atoms with van der Waals surface area (Å²) in [4.78, 5) is 7.07. The average Bonchev–Trinajstić information content (AvgIpc) is 3.12. The number of nitrogens with zero attached hydrogens (tertiary/aromatic N) is 5. The van der Waals surface area contributed by atoms with Gasteiger partial charge in [0.25, 0.3) is 0 Å². The molecular weight excluding hydrogens is 310 g/mol. The first-order valence-corrected chi connectivity index (χ1v) is 8.88. The van der Waals surface area contributed by atoms with E-state index in [1.807, 2.05) is 6.92 Å². The van der Waals surface area contributed by atoms with E-state index in [4.69, 9.17) is 4.74 Å². The topological polar surface area (TPSA) is 56.1 Å². The Morgan fingerprint density at radius 1 is 1.30 bits per heavy atom. The second-order valence-electron chi connectivity index (χ2n) is 7.11. The van der Waals surface area contributed by atoms with Crippen molar-refractivity contribution in [2.75, 3.05) is 13.7 Å². The van der Waals surface area contributed by atoms with Gasteiger partial charge >= 0.3 is 0 Å². The third-order valence-corrected chi connectivity index (χ3v) is 5.21. The van der Waals surface area contributed by atoms with Gasteiger partial charge in [-0.15, -0.1) is 21.5 Å². The van der Waals surface area contributed by atoms with Crippen LogP contribution in [-0.4, -0.2) is 38.3 Å². The predicted octanol–water partition coefficient (Wildman–Crippen LogP) is 2.76. The first-order chi connectivity index (χ1) is 10.9. The minimum Gasteiger partial charge on any atom is -0.375 e. The number of rotatable bonds is 4. The maximum Gasteiger partial charge on any atom is 0.147 e. The molecule has 0 radical (unpaired) electrons. The molecule has 126 valence electrons. The Bertz CT molecular complexity index is 672. The first kappa shape index (κ1) is 16.5. The second-order valence-corrected chi connectivity index (χ2v) is 8.00. The molecule has 3 rings (SSSR count). The van der Waals surface area contributed by atoms with Crippen molar-refractivity contribution in [2.45, 2.75) is 58.8 Å². The van der Waals surface area contributed by atoms with Crippen LogP contribution in [0.1, 0.15) is 56.1 Å². The molecule has 1 unspecified atom stereocenters. The van der Waals surface area contributed by atoms with Crippen LogP contribution in [0, 0.1) is 0 Å². The highest BCUT2D eigenvalue weighted by molar-refractivity contribution is 7.09. The van der Waals surface area contributed by atoms with Gasteiger partial charge in [0, 0.05) is 37.5 Å². The van der Waals surface area contributed by atoms with E-state index in [2.05, 4.69) is 50.8 Å². The highest BCUT2D eigenvalue weighted by Crippen LogP contribution is 2.25. The fourth-order valence-electron chi connectivity index (χ4n) is 2.81. The van der Waals surface area contributed by atoms with Crippen LogP contribution >= 0.6 is 11.3 Å². The molecule has 0 saturated carbocycles. The van der Waals surface area contributed by atoms with Gasteiger partial charge in [-0.05, 0) is 6.92 Å². The van der Waals surface area contributed by atoms with E-state index < -0.39 is 0 Å². The monoisotopic (exact) mass is 335 g/mol. The summed E-state index contributed by atoms with van der Waals surface area (Å²) in [7, 11) is 1.72. The number of thiazole rings is 1. The quantitative estimate of drug-likeness (QED) is 0.860. The molecule has 1 atom stereocenters. The molecular formula is C16H25N5OS. The lowest BCUT2D eigenvalue weighted by molar-refractivity contribution is 0.119. The number of hydrogen-bond donors (Lipinski definition) is 0. The Morgan fingerprint density at radius 3 is 2.78 bits per heavy atom. The molecule has 0 N–H and O–H groups in total. The summed E-state index contributed by atoms with van der Waals surface area (Å²) < 4.78 is 7.61. The Balaban J connectivity index is 1.68. The van der Waals surface area contributed by atoms with Gasteiger partial charge in [0.05, 0.1) is 12.2 Å². The van der Waals surface area contributed by atoms with Crippen LogP contribution in [0.25, 0.3) is 0 Å². The molecule has 3 heterocycles. The Kier molecular flexibility index (Phi) is 4.53. The highest BCUT2D eigenvalue weighted by Gasteiger charge is 2.27. The first-order valence-electron chi connectivity index (χ1n) is 8.00. The van der Waals surface area contributed by atoms with Crippen LogP contribution in [0.2, 0.25) is 0 Å². The summed E-state index contributed by atoms with van der Waals surface area (Å²) in [5.74, 6) is 2.14. The summed E-state index contributed by atoms with van der Waals surface area (Å²) in [5, 5.41) is 12.0. The van der Waals surface area contributed by atoms with Gasteiger partial charge in [0.15, 0.2) is 0 Å². The zero-order chi connectivity index (χ0) is 16.6. The summed E-state index contributed by atoms with van der Waals surface area (Å²) in [5.41, 5.74) is 1.14. The zero-order valence-corrected chi connectivity index (χ0v) is 15.4. The molecule has 2 aromatic rings. The van der Waals surface area contributed by atoms with E-state index in [-0.39, 0.29) is 11.5 Å². The molecule has 7 heteroatoms. The van der Waals surface area contributed by atoms with E-state index in [1.54, 1.807) is 18.4 Å². The van der Waals surface area contributed by atoms with E-state index in [0.29, 0.717) is 0 Å². The molecule has 0 bridgehead atoms.